The lowest BCUT2D eigenvalue weighted by atomic mass is 10.4. The molecule has 0 aliphatic rings. The largest absolute Gasteiger partial charge is 0.393 e. The van der Waals surface area contributed by atoms with E-state index in [1.165, 1.54) is 17.9 Å². The lowest BCUT2D eigenvalue weighted by Crippen LogP contribution is -2.42. The van der Waals surface area contributed by atoms with Crippen LogP contribution in [0.1, 0.15) is 20.3 Å². The maximum atomic E-state index is 12.0. The summed E-state index contributed by atoms with van der Waals surface area (Å²) in [5.74, 6) is 0. The average Bonchev–Trinajstić information content (AvgIpc) is 2.31. The molecule has 0 saturated heterocycles. The Morgan fingerprint density at radius 2 is 2.12 bits per heavy atom. The molecular weight excluding hydrogens is 222 g/mol. The van der Waals surface area contributed by atoms with E-state index in [0.29, 0.717) is 6.54 Å². The zero-order chi connectivity index (χ0) is 13.0. The molecule has 0 saturated carbocycles. The monoisotopic (exact) mass is 241 g/mol. The summed E-state index contributed by atoms with van der Waals surface area (Å²) in [7, 11) is 1.53. The number of nitrogens with two attached hydrogens (primary N) is 1. The van der Waals surface area contributed by atoms with E-state index in [0.717, 1.165) is 11.0 Å². The van der Waals surface area contributed by atoms with Crippen LogP contribution in [0.5, 0.6) is 0 Å². The van der Waals surface area contributed by atoms with Crippen LogP contribution in [0, 0.1) is 0 Å². The highest BCUT2D eigenvalue weighted by Crippen LogP contribution is 1.95. The normalized spacial score (nSPS) is 12.6. The molecule has 1 rings (SSSR count). The maximum absolute atomic E-state index is 12.0. The molecule has 0 aliphatic carbocycles. The van der Waals surface area contributed by atoms with Gasteiger partial charge in [0.05, 0.1) is 12.6 Å². The summed E-state index contributed by atoms with van der Waals surface area (Å²) in [6.45, 7) is 4.50. The van der Waals surface area contributed by atoms with E-state index in [1.807, 2.05) is 6.92 Å². The molecule has 6 nitrogen and oxygen atoms in total. The first-order valence-electron chi connectivity index (χ1n) is 5.63. The Morgan fingerprint density at radius 3 is 2.65 bits per heavy atom. The van der Waals surface area contributed by atoms with Crippen LogP contribution in [0.3, 0.4) is 0 Å². The van der Waals surface area contributed by atoms with Gasteiger partial charge in [0.25, 0.3) is 5.56 Å². The smallest absolute Gasteiger partial charge is 0.331 e. The van der Waals surface area contributed by atoms with Crippen molar-refractivity contribution >= 4 is 5.69 Å². The number of hydrogen-bond donors (Lipinski definition) is 1. The van der Waals surface area contributed by atoms with Gasteiger partial charge in [0.15, 0.2) is 0 Å². The quantitative estimate of drug-likeness (QED) is 0.789. The summed E-state index contributed by atoms with van der Waals surface area (Å²) in [5.41, 5.74) is 4.90. The predicted octanol–water partition coefficient (Wildman–Crippen LogP) is 0.0371. The van der Waals surface area contributed by atoms with E-state index in [1.54, 1.807) is 6.92 Å². The van der Waals surface area contributed by atoms with Crippen LogP contribution >= 0.6 is 0 Å². The van der Waals surface area contributed by atoms with Gasteiger partial charge in [-0.25, -0.2) is 4.79 Å². The van der Waals surface area contributed by atoms with Crippen LogP contribution in [0.4, 0.5) is 5.69 Å². The van der Waals surface area contributed by atoms with Gasteiger partial charge < -0.3 is 10.5 Å². The molecule has 0 bridgehead atoms. The van der Waals surface area contributed by atoms with E-state index in [9.17, 15) is 9.59 Å². The minimum Gasteiger partial charge on any atom is -0.393 e. The Balaban J connectivity index is 3.27. The molecule has 0 spiro atoms. The molecule has 0 aromatic carbocycles. The number of anilines is 1. The number of nitrogen functional groups attached to an aromatic ring is 1. The first kappa shape index (κ1) is 13.5. The molecule has 0 fully saturated rings. The van der Waals surface area contributed by atoms with E-state index in [-0.39, 0.29) is 24.0 Å². The average molecular weight is 241 g/mol. The van der Waals surface area contributed by atoms with Crippen molar-refractivity contribution in [2.45, 2.75) is 39.5 Å². The van der Waals surface area contributed by atoms with Crippen LogP contribution in [-0.2, 0) is 17.8 Å². The van der Waals surface area contributed by atoms with Gasteiger partial charge in [-0.05, 0) is 13.3 Å². The number of aryl methyl sites for hydroxylation is 1. The molecule has 1 aromatic heterocycles. The lowest BCUT2D eigenvalue weighted by molar-refractivity contribution is 0.101. The standard InChI is InChI=1S/C11H19N3O3/c1-4-5-13-7-9(12)10(15)14(11(13)16)6-8(2)17-3/h7-8H,4-6,12H2,1-3H3. The van der Waals surface area contributed by atoms with Crippen molar-refractivity contribution in [3.63, 3.8) is 0 Å². The third-order valence-electron chi connectivity index (χ3n) is 2.57. The minimum atomic E-state index is -0.453. The van der Waals surface area contributed by atoms with Crippen LogP contribution in [-0.4, -0.2) is 22.3 Å². The fraction of sp³-hybridized carbons (Fsp3) is 0.636. The van der Waals surface area contributed by atoms with Crippen molar-refractivity contribution in [1.82, 2.24) is 9.13 Å². The zero-order valence-electron chi connectivity index (χ0n) is 10.5. The summed E-state index contributed by atoms with van der Waals surface area (Å²) < 4.78 is 7.64. The Bertz CT molecular complexity index is 490. The highest BCUT2D eigenvalue weighted by Gasteiger charge is 2.11. The minimum absolute atomic E-state index is 0.0846. The summed E-state index contributed by atoms with van der Waals surface area (Å²) in [5, 5.41) is 0. The summed E-state index contributed by atoms with van der Waals surface area (Å²) in [6, 6.07) is 0. The van der Waals surface area contributed by atoms with Crippen LogP contribution in [0.15, 0.2) is 15.8 Å². The molecule has 6 heteroatoms. The summed E-state index contributed by atoms with van der Waals surface area (Å²) >= 11 is 0. The third kappa shape index (κ3) is 2.97. The summed E-state index contributed by atoms with van der Waals surface area (Å²) in [6.07, 6.45) is 2.00. The topological polar surface area (TPSA) is 79.2 Å². The summed E-state index contributed by atoms with van der Waals surface area (Å²) in [4.78, 5) is 23.8. The first-order chi connectivity index (χ1) is 8.01. The molecule has 1 atom stereocenters. The molecule has 0 radical (unpaired) electrons. The second kappa shape index (κ2) is 5.67. The molecule has 96 valence electrons. The molecule has 0 amide bonds. The maximum Gasteiger partial charge on any atom is 0.331 e. The van der Waals surface area contributed by atoms with E-state index in [2.05, 4.69) is 0 Å². The van der Waals surface area contributed by atoms with Gasteiger partial charge in [-0.3, -0.25) is 13.9 Å². The number of ether oxygens (including phenoxy) is 1. The van der Waals surface area contributed by atoms with Gasteiger partial charge in [0, 0.05) is 19.9 Å². The number of nitrogens with zero attached hydrogens (tertiary/aromatic N) is 2. The molecular formula is C11H19N3O3. The second-order valence-electron chi connectivity index (χ2n) is 4.02. The SMILES string of the molecule is CCCn1cc(N)c(=O)n(CC(C)OC)c1=O. The van der Waals surface area contributed by atoms with Gasteiger partial charge >= 0.3 is 5.69 Å². The number of hydrogen-bond acceptors (Lipinski definition) is 4. The van der Waals surface area contributed by atoms with Crippen molar-refractivity contribution < 1.29 is 4.74 Å². The molecule has 0 aliphatic heterocycles. The zero-order valence-corrected chi connectivity index (χ0v) is 10.5. The number of methoxy groups -OCH3 is 1. The Labute approximate surface area is 99.6 Å². The fourth-order valence-electron chi connectivity index (χ4n) is 1.57. The lowest BCUT2D eigenvalue weighted by Gasteiger charge is -2.14. The van der Waals surface area contributed by atoms with Crippen molar-refractivity contribution in [3.05, 3.63) is 27.0 Å². The second-order valence-corrected chi connectivity index (χ2v) is 4.02. The van der Waals surface area contributed by atoms with Crippen LogP contribution < -0.4 is 17.0 Å². The van der Waals surface area contributed by atoms with Gasteiger partial charge in [-0.2, -0.15) is 0 Å². The molecule has 1 unspecified atom stereocenters. The highest BCUT2D eigenvalue weighted by molar-refractivity contribution is 5.30. The van der Waals surface area contributed by atoms with Crippen molar-refractivity contribution in [2.75, 3.05) is 12.8 Å². The van der Waals surface area contributed by atoms with E-state index >= 15 is 0 Å². The number of rotatable bonds is 5. The van der Waals surface area contributed by atoms with Gasteiger partial charge in [-0.1, -0.05) is 6.92 Å². The van der Waals surface area contributed by atoms with E-state index < -0.39 is 5.56 Å². The molecule has 2 N–H and O–H groups in total. The van der Waals surface area contributed by atoms with Gasteiger partial charge in [-0.15, -0.1) is 0 Å². The Morgan fingerprint density at radius 1 is 1.47 bits per heavy atom. The van der Waals surface area contributed by atoms with Gasteiger partial charge in [0.1, 0.15) is 5.69 Å². The Hall–Kier alpha value is -1.56. The molecule has 1 aromatic rings. The molecule has 17 heavy (non-hydrogen) atoms. The van der Waals surface area contributed by atoms with Gasteiger partial charge in [0.2, 0.25) is 0 Å². The van der Waals surface area contributed by atoms with Crippen molar-refractivity contribution in [1.29, 1.82) is 0 Å². The van der Waals surface area contributed by atoms with E-state index in [4.69, 9.17) is 10.5 Å². The van der Waals surface area contributed by atoms with Crippen molar-refractivity contribution in [2.24, 2.45) is 0 Å². The number of aromatic nitrogens is 2. The van der Waals surface area contributed by atoms with Crippen molar-refractivity contribution in [3.8, 4) is 0 Å². The predicted molar refractivity (Wildman–Crippen MR) is 66.1 cm³/mol. The molecule has 1 heterocycles. The first-order valence-corrected chi connectivity index (χ1v) is 5.63. The Kier molecular flexibility index (Phi) is 4.51. The third-order valence-corrected chi connectivity index (χ3v) is 2.57. The fourth-order valence-corrected chi connectivity index (χ4v) is 1.57. The van der Waals surface area contributed by atoms with Crippen LogP contribution in [0.25, 0.3) is 0 Å². The van der Waals surface area contributed by atoms with Crippen LogP contribution in [0.2, 0.25) is 0 Å². The highest BCUT2D eigenvalue weighted by atomic mass is 16.5.